The Kier molecular flexibility index (Phi) is 5.66. The van der Waals surface area contributed by atoms with Crippen molar-refractivity contribution in [3.05, 3.63) is 0 Å². The molecule has 0 aliphatic rings. The van der Waals surface area contributed by atoms with Crippen molar-refractivity contribution in [3.63, 3.8) is 0 Å². The van der Waals surface area contributed by atoms with Crippen LogP contribution in [0.1, 0.15) is 20.3 Å². The highest BCUT2D eigenvalue weighted by atomic mass is 16.4. The quantitative estimate of drug-likeness (QED) is 0.600. The average Bonchev–Trinajstić information content (AvgIpc) is 2.05. The minimum atomic E-state index is -0.915. The monoisotopic (exact) mass is 174 g/mol. The van der Waals surface area contributed by atoms with E-state index >= 15 is 0 Å². The highest BCUT2D eigenvalue weighted by molar-refractivity contribution is 5.72. The van der Waals surface area contributed by atoms with Crippen molar-refractivity contribution in [2.45, 2.75) is 26.3 Å². The molecule has 0 saturated heterocycles. The zero-order chi connectivity index (χ0) is 9.56. The number of rotatable bonds is 6. The maximum atomic E-state index is 10.3. The summed E-state index contributed by atoms with van der Waals surface area (Å²) in [6, 6.07) is -0.717. The maximum Gasteiger partial charge on any atom is 0.320 e. The Morgan fingerprint density at radius 2 is 2.00 bits per heavy atom. The van der Waals surface area contributed by atoms with Crippen LogP contribution in [0.25, 0.3) is 0 Å². The van der Waals surface area contributed by atoms with E-state index in [0.717, 1.165) is 19.6 Å². The van der Waals surface area contributed by atoms with Crippen molar-refractivity contribution in [3.8, 4) is 0 Å². The number of carboxylic acids is 1. The Bertz CT molecular complexity index is 135. The van der Waals surface area contributed by atoms with Crippen LogP contribution in [0.5, 0.6) is 0 Å². The van der Waals surface area contributed by atoms with Crippen LogP contribution in [-0.2, 0) is 4.79 Å². The largest absolute Gasteiger partial charge is 0.480 e. The lowest BCUT2D eigenvalue weighted by Crippen LogP contribution is -2.35. The van der Waals surface area contributed by atoms with E-state index in [9.17, 15) is 4.79 Å². The van der Waals surface area contributed by atoms with Gasteiger partial charge in [-0.15, -0.1) is 0 Å². The summed E-state index contributed by atoms with van der Waals surface area (Å²) in [6.45, 7) is 6.76. The third-order valence-corrected chi connectivity index (χ3v) is 1.97. The second-order valence-corrected chi connectivity index (χ2v) is 2.76. The molecule has 3 N–H and O–H groups in total. The molecule has 0 fully saturated rings. The van der Waals surface area contributed by atoms with Crippen molar-refractivity contribution in [2.24, 2.45) is 5.73 Å². The first-order valence-corrected chi connectivity index (χ1v) is 4.32. The maximum absolute atomic E-state index is 10.3. The highest BCUT2D eigenvalue weighted by Gasteiger charge is 2.11. The summed E-state index contributed by atoms with van der Waals surface area (Å²) in [4.78, 5) is 12.5. The molecule has 0 rings (SSSR count). The summed E-state index contributed by atoms with van der Waals surface area (Å²) < 4.78 is 0. The summed E-state index contributed by atoms with van der Waals surface area (Å²) >= 11 is 0. The van der Waals surface area contributed by atoms with Gasteiger partial charge in [0.05, 0.1) is 0 Å². The van der Waals surface area contributed by atoms with E-state index < -0.39 is 12.0 Å². The number of carbonyl (C=O) groups is 1. The lowest BCUT2D eigenvalue weighted by molar-refractivity contribution is -0.138. The van der Waals surface area contributed by atoms with Gasteiger partial charge in [0.1, 0.15) is 6.04 Å². The topological polar surface area (TPSA) is 66.6 Å². The number of nitrogens with zero attached hydrogens (tertiary/aromatic N) is 1. The summed E-state index contributed by atoms with van der Waals surface area (Å²) in [5, 5.41) is 8.50. The van der Waals surface area contributed by atoms with Crippen molar-refractivity contribution >= 4 is 5.97 Å². The number of carboxylic acid groups (broad SMARTS) is 1. The standard InChI is InChI=1S/C8H18N2O2/c1-3-10(4-2)6-5-7(9)8(11)12/h7H,3-6,9H2,1-2H3,(H,11,12)/t7-/m1/s1. The van der Waals surface area contributed by atoms with Crippen LogP contribution in [0.15, 0.2) is 0 Å². The molecule has 0 aromatic heterocycles. The molecule has 0 aromatic carbocycles. The first-order chi connectivity index (χ1) is 5.61. The van der Waals surface area contributed by atoms with Crippen LogP contribution in [0.2, 0.25) is 0 Å². The molecule has 0 aliphatic carbocycles. The van der Waals surface area contributed by atoms with Gasteiger partial charge in [-0.05, 0) is 19.5 Å². The summed E-state index contributed by atoms with van der Waals surface area (Å²) in [7, 11) is 0. The lowest BCUT2D eigenvalue weighted by atomic mass is 10.2. The Morgan fingerprint density at radius 1 is 1.50 bits per heavy atom. The van der Waals surface area contributed by atoms with E-state index in [2.05, 4.69) is 18.7 Å². The number of hydrogen-bond donors (Lipinski definition) is 2. The van der Waals surface area contributed by atoms with Gasteiger partial charge in [0, 0.05) is 6.54 Å². The van der Waals surface area contributed by atoms with Crippen LogP contribution in [0.4, 0.5) is 0 Å². The van der Waals surface area contributed by atoms with Crippen LogP contribution in [0, 0.1) is 0 Å². The van der Waals surface area contributed by atoms with Gasteiger partial charge in [0.2, 0.25) is 0 Å². The van der Waals surface area contributed by atoms with Gasteiger partial charge < -0.3 is 15.7 Å². The van der Waals surface area contributed by atoms with Crippen LogP contribution < -0.4 is 5.73 Å². The van der Waals surface area contributed by atoms with Crippen molar-refractivity contribution in [1.82, 2.24) is 4.90 Å². The Morgan fingerprint density at radius 3 is 2.33 bits per heavy atom. The average molecular weight is 174 g/mol. The van der Waals surface area contributed by atoms with E-state index in [4.69, 9.17) is 10.8 Å². The van der Waals surface area contributed by atoms with E-state index in [-0.39, 0.29) is 0 Å². The molecular weight excluding hydrogens is 156 g/mol. The molecule has 0 radical (unpaired) electrons. The molecule has 0 spiro atoms. The molecule has 12 heavy (non-hydrogen) atoms. The fraction of sp³-hybridized carbons (Fsp3) is 0.875. The van der Waals surface area contributed by atoms with Crippen molar-refractivity contribution in [2.75, 3.05) is 19.6 Å². The van der Waals surface area contributed by atoms with E-state index in [1.165, 1.54) is 0 Å². The SMILES string of the molecule is CCN(CC)CC[C@@H](N)C(=O)O. The fourth-order valence-corrected chi connectivity index (χ4v) is 0.985. The molecule has 0 heterocycles. The predicted octanol–water partition coefficient (Wildman–Crippen LogP) is 0.130. The summed E-state index contributed by atoms with van der Waals surface area (Å²) in [6.07, 6.45) is 0.525. The minimum absolute atomic E-state index is 0.525. The van der Waals surface area contributed by atoms with Gasteiger partial charge in [-0.2, -0.15) is 0 Å². The Labute approximate surface area is 73.3 Å². The molecule has 4 heteroatoms. The molecule has 0 unspecified atom stereocenters. The lowest BCUT2D eigenvalue weighted by Gasteiger charge is -2.18. The fourth-order valence-electron chi connectivity index (χ4n) is 0.985. The van der Waals surface area contributed by atoms with Crippen molar-refractivity contribution in [1.29, 1.82) is 0 Å². The highest BCUT2D eigenvalue weighted by Crippen LogP contribution is 1.94. The summed E-state index contributed by atoms with van der Waals surface area (Å²) in [5.74, 6) is -0.915. The molecule has 0 aliphatic heterocycles. The van der Waals surface area contributed by atoms with Gasteiger partial charge in [0.15, 0.2) is 0 Å². The molecule has 4 nitrogen and oxygen atoms in total. The van der Waals surface area contributed by atoms with Crippen LogP contribution in [0.3, 0.4) is 0 Å². The molecular formula is C8H18N2O2. The van der Waals surface area contributed by atoms with Crippen LogP contribution >= 0.6 is 0 Å². The third kappa shape index (κ3) is 4.31. The summed E-state index contributed by atoms with van der Waals surface area (Å²) in [5.41, 5.74) is 5.35. The Balaban J connectivity index is 3.58. The van der Waals surface area contributed by atoms with E-state index in [0.29, 0.717) is 6.42 Å². The zero-order valence-corrected chi connectivity index (χ0v) is 7.79. The number of aliphatic carboxylic acids is 1. The number of nitrogens with two attached hydrogens (primary N) is 1. The van der Waals surface area contributed by atoms with Crippen LogP contribution in [-0.4, -0.2) is 41.7 Å². The third-order valence-electron chi connectivity index (χ3n) is 1.97. The second-order valence-electron chi connectivity index (χ2n) is 2.76. The van der Waals surface area contributed by atoms with Gasteiger partial charge in [-0.25, -0.2) is 0 Å². The molecule has 0 saturated carbocycles. The molecule has 0 amide bonds. The van der Waals surface area contributed by atoms with Gasteiger partial charge in [-0.3, -0.25) is 4.79 Å². The van der Waals surface area contributed by atoms with E-state index in [1.54, 1.807) is 0 Å². The first-order valence-electron chi connectivity index (χ1n) is 4.32. The predicted molar refractivity (Wildman–Crippen MR) is 48.0 cm³/mol. The van der Waals surface area contributed by atoms with Crippen molar-refractivity contribution < 1.29 is 9.90 Å². The van der Waals surface area contributed by atoms with Gasteiger partial charge in [0.25, 0.3) is 0 Å². The second kappa shape index (κ2) is 5.97. The molecule has 1 atom stereocenters. The molecule has 0 bridgehead atoms. The number of hydrogen-bond acceptors (Lipinski definition) is 3. The van der Waals surface area contributed by atoms with E-state index in [1.807, 2.05) is 0 Å². The first kappa shape index (κ1) is 11.4. The minimum Gasteiger partial charge on any atom is -0.480 e. The van der Waals surface area contributed by atoms with Gasteiger partial charge in [-0.1, -0.05) is 13.8 Å². The molecule has 72 valence electrons. The zero-order valence-electron chi connectivity index (χ0n) is 7.79. The Hall–Kier alpha value is -0.610. The normalized spacial score (nSPS) is 13.3. The smallest absolute Gasteiger partial charge is 0.320 e. The molecule has 0 aromatic rings. The van der Waals surface area contributed by atoms with Gasteiger partial charge >= 0.3 is 5.97 Å².